The molecule has 0 radical (unpaired) electrons. The van der Waals surface area contributed by atoms with Crippen LogP contribution in [0.1, 0.15) is 40.5 Å². The predicted molar refractivity (Wildman–Crippen MR) is 48.8 cm³/mol. The van der Waals surface area contributed by atoms with Crippen LogP contribution in [0.2, 0.25) is 0 Å². The van der Waals surface area contributed by atoms with Gasteiger partial charge in [0, 0.05) is 5.92 Å². The molecule has 0 aromatic heterocycles. The molecule has 1 nitrogen and oxygen atoms in total. The van der Waals surface area contributed by atoms with Gasteiger partial charge in [-0.25, -0.2) is 0 Å². The minimum absolute atomic E-state index is 0.391. The summed E-state index contributed by atoms with van der Waals surface area (Å²) in [7, 11) is 0. The summed E-state index contributed by atoms with van der Waals surface area (Å²) in [6.45, 7) is 8.68. The van der Waals surface area contributed by atoms with Crippen LogP contribution in [0.5, 0.6) is 0 Å². The van der Waals surface area contributed by atoms with Gasteiger partial charge in [0.2, 0.25) is 0 Å². The van der Waals surface area contributed by atoms with Gasteiger partial charge < -0.3 is 0 Å². The van der Waals surface area contributed by atoms with E-state index in [4.69, 9.17) is 0 Å². The van der Waals surface area contributed by atoms with Crippen molar-refractivity contribution in [1.29, 1.82) is 0 Å². The Kier molecular flexibility index (Phi) is 1.34. The van der Waals surface area contributed by atoms with Crippen LogP contribution < -0.4 is 0 Å². The molecule has 2 rings (SSSR count). The van der Waals surface area contributed by atoms with Crippen molar-refractivity contribution in [2.24, 2.45) is 22.7 Å². The molecule has 3 atom stereocenters. The van der Waals surface area contributed by atoms with Crippen LogP contribution >= 0.6 is 0 Å². The van der Waals surface area contributed by atoms with Crippen LogP contribution in [-0.4, -0.2) is 5.78 Å². The number of hydrogen-bond donors (Lipinski definition) is 0. The molecule has 3 unspecified atom stereocenters. The van der Waals surface area contributed by atoms with Crippen LogP contribution in [-0.2, 0) is 4.79 Å². The van der Waals surface area contributed by atoms with E-state index in [1.54, 1.807) is 6.92 Å². The molecule has 1 heteroatoms. The fourth-order valence-electron chi connectivity index (χ4n) is 3.62. The molecular formula is C11H18O. The van der Waals surface area contributed by atoms with Crippen molar-refractivity contribution in [3.8, 4) is 0 Å². The van der Waals surface area contributed by atoms with Gasteiger partial charge in [-0.05, 0) is 36.5 Å². The first-order valence-corrected chi connectivity index (χ1v) is 4.95. The summed E-state index contributed by atoms with van der Waals surface area (Å²) < 4.78 is 0. The van der Waals surface area contributed by atoms with Gasteiger partial charge in [0.25, 0.3) is 0 Å². The van der Waals surface area contributed by atoms with Crippen molar-refractivity contribution in [1.82, 2.24) is 0 Å². The first-order valence-electron chi connectivity index (χ1n) is 4.95. The maximum atomic E-state index is 11.3. The van der Waals surface area contributed by atoms with E-state index in [-0.39, 0.29) is 0 Å². The van der Waals surface area contributed by atoms with Crippen molar-refractivity contribution < 1.29 is 4.79 Å². The van der Waals surface area contributed by atoms with Crippen molar-refractivity contribution in [3.05, 3.63) is 0 Å². The summed E-state index contributed by atoms with van der Waals surface area (Å²) in [6, 6.07) is 0. The molecule has 0 amide bonds. The topological polar surface area (TPSA) is 17.1 Å². The Labute approximate surface area is 74.5 Å². The van der Waals surface area contributed by atoms with E-state index in [0.717, 1.165) is 12.3 Å². The Morgan fingerprint density at radius 1 is 1.42 bits per heavy atom. The zero-order valence-electron chi connectivity index (χ0n) is 8.48. The lowest BCUT2D eigenvalue weighted by Gasteiger charge is -2.39. The van der Waals surface area contributed by atoms with Crippen molar-refractivity contribution >= 4 is 5.78 Å². The van der Waals surface area contributed by atoms with Crippen molar-refractivity contribution in [2.45, 2.75) is 40.5 Å². The molecule has 0 saturated heterocycles. The summed E-state index contributed by atoms with van der Waals surface area (Å²) in [5.74, 6) is 1.56. The largest absolute Gasteiger partial charge is 0.300 e. The smallest absolute Gasteiger partial charge is 0.133 e. The molecule has 2 aliphatic rings. The quantitative estimate of drug-likeness (QED) is 0.585. The molecule has 0 aromatic rings. The molecule has 2 fully saturated rings. The summed E-state index contributed by atoms with van der Waals surface area (Å²) >= 11 is 0. The van der Waals surface area contributed by atoms with Crippen LogP contribution in [0.15, 0.2) is 0 Å². The summed E-state index contributed by atoms with van der Waals surface area (Å²) in [4.78, 5) is 11.3. The van der Waals surface area contributed by atoms with Crippen LogP contribution in [0.25, 0.3) is 0 Å². The number of carbonyl (C=O) groups excluding carboxylic acids is 1. The highest BCUT2D eigenvalue weighted by atomic mass is 16.1. The van der Waals surface area contributed by atoms with E-state index in [1.165, 1.54) is 6.42 Å². The minimum atomic E-state index is 0.391. The van der Waals surface area contributed by atoms with Crippen LogP contribution in [0.3, 0.4) is 0 Å². The molecule has 0 aromatic carbocycles. The third-order valence-corrected chi connectivity index (χ3v) is 4.93. The lowest BCUT2D eigenvalue weighted by Crippen LogP contribution is -2.37. The van der Waals surface area contributed by atoms with E-state index >= 15 is 0 Å². The molecule has 0 bridgehead atoms. The predicted octanol–water partition coefficient (Wildman–Crippen LogP) is 2.65. The van der Waals surface area contributed by atoms with E-state index in [0.29, 0.717) is 22.5 Å². The third-order valence-electron chi connectivity index (χ3n) is 4.93. The lowest BCUT2D eigenvalue weighted by molar-refractivity contribution is -0.128. The average Bonchev–Trinajstić information content (AvgIpc) is 2.26. The molecule has 1 spiro atoms. The molecular weight excluding hydrogens is 148 g/mol. The van der Waals surface area contributed by atoms with Crippen molar-refractivity contribution in [2.75, 3.05) is 0 Å². The Hall–Kier alpha value is -0.330. The maximum Gasteiger partial charge on any atom is 0.133 e. The van der Waals surface area contributed by atoms with Gasteiger partial charge in [-0.3, -0.25) is 4.79 Å². The molecule has 0 heterocycles. The molecule has 12 heavy (non-hydrogen) atoms. The first kappa shape index (κ1) is 8.28. The fraction of sp³-hybridized carbons (Fsp3) is 0.909. The van der Waals surface area contributed by atoms with Crippen LogP contribution in [0.4, 0.5) is 0 Å². The monoisotopic (exact) mass is 166 g/mol. The number of carbonyl (C=O) groups is 1. The Morgan fingerprint density at radius 2 is 1.92 bits per heavy atom. The molecule has 2 aliphatic carbocycles. The standard InChI is InChI=1S/C11H18O/c1-7(12)9-5-6-11(9)8(2)10(11,3)4/h8-9H,5-6H2,1-4H3. The molecule has 0 N–H and O–H groups in total. The summed E-state index contributed by atoms with van der Waals surface area (Å²) in [5, 5.41) is 0. The number of ketones is 1. The second-order valence-corrected chi connectivity index (χ2v) is 5.19. The van der Waals surface area contributed by atoms with Gasteiger partial charge in [-0.2, -0.15) is 0 Å². The third kappa shape index (κ3) is 0.605. The molecule has 68 valence electrons. The molecule has 0 aliphatic heterocycles. The molecule has 2 saturated carbocycles. The van der Waals surface area contributed by atoms with Gasteiger partial charge in [-0.1, -0.05) is 20.8 Å². The number of rotatable bonds is 1. The van der Waals surface area contributed by atoms with E-state index in [2.05, 4.69) is 20.8 Å². The van der Waals surface area contributed by atoms with Gasteiger partial charge in [0.15, 0.2) is 0 Å². The van der Waals surface area contributed by atoms with Crippen molar-refractivity contribution in [3.63, 3.8) is 0 Å². The zero-order valence-corrected chi connectivity index (χ0v) is 8.48. The van der Waals surface area contributed by atoms with Gasteiger partial charge in [0.05, 0.1) is 0 Å². The first-order chi connectivity index (χ1) is 5.44. The highest BCUT2D eigenvalue weighted by Crippen LogP contribution is 2.79. The minimum Gasteiger partial charge on any atom is -0.300 e. The SMILES string of the molecule is CC(=O)C1CCC12C(C)C2(C)C. The summed E-state index contributed by atoms with van der Waals surface area (Å²) in [5.41, 5.74) is 0.848. The Bertz CT molecular complexity index is 241. The van der Waals surface area contributed by atoms with Gasteiger partial charge in [0.1, 0.15) is 5.78 Å². The fourth-order valence-corrected chi connectivity index (χ4v) is 3.62. The van der Waals surface area contributed by atoms with E-state index < -0.39 is 0 Å². The van der Waals surface area contributed by atoms with Gasteiger partial charge in [-0.15, -0.1) is 0 Å². The number of hydrogen-bond acceptors (Lipinski definition) is 1. The highest BCUT2D eigenvalue weighted by Gasteiger charge is 2.75. The lowest BCUT2D eigenvalue weighted by atomic mass is 9.64. The second-order valence-electron chi connectivity index (χ2n) is 5.19. The van der Waals surface area contributed by atoms with Gasteiger partial charge >= 0.3 is 0 Å². The normalized spacial score (nSPS) is 48.7. The number of Topliss-reactive ketones (excluding diaryl/α,β-unsaturated/α-hetero) is 1. The van der Waals surface area contributed by atoms with E-state index in [1.807, 2.05) is 0 Å². The maximum absolute atomic E-state index is 11.3. The zero-order chi connectivity index (χ0) is 9.15. The Morgan fingerprint density at radius 3 is 2.00 bits per heavy atom. The summed E-state index contributed by atoms with van der Waals surface area (Å²) in [6.07, 6.45) is 2.43. The second kappa shape index (κ2) is 1.94. The van der Waals surface area contributed by atoms with Crippen LogP contribution in [0, 0.1) is 22.7 Å². The Balaban J connectivity index is 2.22. The van der Waals surface area contributed by atoms with E-state index in [9.17, 15) is 4.79 Å². The average molecular weight is 166 g/mol. The highest BCUT2D eigenvalue weighted by molar-refractivity contribution is 5.81.